The van der Waals surface area contributed by atoms with Gasteiger partial charge in [0.05, 0.1) is 11.5 Å². The molecule has 4 nitrogen and oxygen atoms in total. The zero-order valence-electron chi connectivity index (χ0n) is 10.9. The Morgan fingerprint density at radius 1 is 1.12 bits per heavy atom. The van der Waals surface area contributed by atoms with Crippen molar-refractivity contribution in [3.63, 3.8) is 0 Å². The topological polar surface area (TPSA) is 40.6 Å². The van der Waals surface area contributed by atoms with Crippen LogP contribution in [-0.2, 0) is 9.84 Å². The molecule has 7 heteroatoms. The minimum Gasteiger partial charge on any atom is -0.309 e. The molecule has 0 saturated carbocycles. The summed E-state index contributed by atoms with van der Waals surface area (Å²) in [4.78, 5) is 1.97. The second kappa shape index (κ2) is 7.14. The van der Waals surface area contributed by atoms with Crippen molar-refractivity contribution in [1.29, 1.82) is 0 Å². The summed E-state index contributed by atoms with van der Waals surface area (Å²) >= 11 is 11.3. The third kappa shape index (κ3) is 8.21. The maximum atomic E-state index is 11.8. The number of halogens is 2. The summed E-state index contributed by atoms with van der Waals surface area (Å²) in [6.07, 6.45) is 1.07. The average Bonchev–Trinajstić information content (AvgIpc) is 2.14. The Morgan fingerprint density at radius 3 is 2.06 bits per heavy atom. The zero-order valence-corrected chi connectivity index (χ0v) is 13.2. The van der Waals surface area contributed by atoms with E-state index in [2.05, 4.69) is 0 Å². The van der Waals surface area contributed by atoms with Gasteiger partial charge in [0.2, 0.25) is 0 Å². The molecule has 0 N–H and O–H groups in total. The van der Waals surface area contributed by atoms with Gasteiger partial charge in [-0.3, -0.25) is 0 Å². The van der Waals surface area contributed by atoms with Crippen LogP contribution in [0.2, 0.25) is 0 Å². The molecule has 0 aliphatic heterocycles. The molecule has 0 amide bonds. The summed E-state index contributed by atoms with van der Waals surface area (Å²) in [6, 6.07) is 0. The highest BCUT2D eigenvalue weighted by molar-refractivity contribution is 7.91. The molecule has 104 valence electrons. The van der Waals surface area contributed by atoms with Crippen LogP contribution in [0.1, 0.15) is 26.7 Å². The SMILES string of the molecule is CN(C)CCCS(=O)(=O)CCC(C)(C)N(Cl)Cl. The highest BCUT2D eigenvalue weighted by atomic mass is 35.5. The largest absolute Gasteiger partial charge is 0.309 e. The van der Waals surface area contributed by atoms with Gasteiger partial charge >= 0.3 is 0 Å². The molecule has 0 aliphatic carbocycles. The summed E-state index contributed by atoms with van der Waals surface area (Å²) in [7, 11) is 0.836. The van der Waals surface area contributed by atoms with Gasteiger partial charge in [-0.2, -0.15) is 0 Å². The lowest BCUT2D eigenvalue weighted by molar-refractivity contribution is 0.341. The fourth-order valence-electron chi connectivity index (χ4n) is 1.19. The second-order valence-electron chi connectivity index (χ2n) is 5.10. The average molecular weight is 305 g/mol. The lowest BCUT2D eigenvalue weighted by Gasteiger charge is -2.27. The van der Waals surface area contributed by atoms with E-state index in [1.165, 1.54) is 0 Å². The fraction of sp³-hybridized carbons (Fsp3) is 1.00. The smallest absolute Gasteiger partial charge is 0.150 e. The molecule has 0 aliphatic rings. The number of hydrogen-bond acceptors (Lipinski definition) is 4. The highest BCUT2D eigenvalue weighted by Crippen LogP contribution is 2.24. The molecule has 0 aromatic heterocycles. The summed E-state index contributed by atoms with van der Waals surface area (Å²) in [5.41, 5.74) is -0.530. The van der Waals surface area contributed by atoms with Gasteiger partial charge in [-0.1, -0.05) is 0 Å². The van der Waals surface area contributed by atoms with E-state index in [0.29, 0.717) is 12.8 Å². The first-order valence-corrected chi connectivity index (χ1v) is 8.03. The van der Waals surface area contributed by atoms with Crippen LogP contribution in [0.15, 0.2) is 0 Å². The van der Waals surface area contributed by atoms with E-state index in [1.54, 1.807) is 0 Å². The van der Waals surface area contributed by atoms with E-state index < -0.39 is 15.4 Å². The predicted molar refractivity (Wildman–Crippen MR) is 74.1 cm³/mol. The van der Waals surface area contributed by atoms with Crippen molar-refractivity contribution in [2.24, 2.45) is 0 Å². The molecule has 0 atom stereocenters. The van der Waals surface area contributed by atoms with E-state index in [-0.39, 0.29) is 11.5 Å². The van der Waals surface area contributed by atoms with Crippen LogP contribution in [0.5, 0.6) is 0 Å². The van der Waals surface area contributed by atoms with Crippen molar-refractivity contribution in [1.82, 2.24) is 8.84 Å². The zero-order chi connectivity index (χ0) is 13.7. The van der Waals surface area contributed by atoms with Gasteiger partial charge in [0.1, 0.15) is 9.84 Å². The monoisotopic (exact) mass is 304 g/mol. The molecular weight excluding hydrogens is 283 g/mol. The van der Waals surface area contributed by atoms with E-state index in [9.17, 15) is 8.42 Å². The quantitative estimate of drug-likeness (QED) is 0.644. The maximum absolute atomic E-state index is 11.8. The minimum absolute atomic E-state index is 0.114. The fourth-order valence-corrected chi connectivity index (χ4v) is 2.95. The molecule has 0 aromatic carbocycles. The molecule has 17 heavy (non-hydrogen) atoms. The van der Waals surface area contributed by atoms with Gasteiger partial charge < -0.3 is 4.90 Å². The van der Waals surface area contributed by atoms with Gasteiger partial charge in [0.25, 0.3) is 0 Å². The summed E-state index contributed by atoms with van der Waals surface area (Å²) in [5.74, 6) is 0.329. The molecule has 0 fully saturated rings. The lowest BCUT2D eigenvalue weighted by atomic mass is 10.0. The molecule has 0 spiro atoms. The Balaban J connectivity index is 4.11. The van der Waals surface area contributed by atoms with Gasteiger partial charge in [-0.05, 0) is 70.9 Å². The highest BCUT2D eigenvalue weighted by Gasteiger charge is 2.26. The van der Waals surface area contributed by atoms with Gasteiger partial charge in [-0.25, -0.2) is 8.42 Å². The Morgan fingerprint density at radius 2 is 1.65 bits per heavy atom. The summed E-state index contributed by atoms with van der Waals surface area (Å²) in [6.45, 7) is 4.39. The normalized spacial score (nSPS) is 13.6. The van der Waals surface area contributed by atoms with Crippen LogP contribution in [0.25, 0.3) is 0 Å². The molecule has 0 heterocycles. The van der Waals surface area contributed by atoms with Gasteiger partial charge in [0, 0.05) is 5.54 Å². The van der Waals surface area contributed by atoms with Crippen molar-refractivity contribution in [3.05, 3.63) is 0 Å². The standard InChI is InChI=1S/C10H22Cl2N2O2S/c1-10(2,14(11)12)6-9-17(15,16)8-5-7-13(3)4/h5-9H2,1-4H3. The van der Waals surface area contributed by atoms with Crippen molar-refractivity contribution >= 4 is 33.4 Å². The van der Waals surface area contributed by atoms with Crippen LogP contribution in [0.3, 0.4) is 0 Å². The van der Waals surface area contributed by atoms with Crippen LogP contribution in [0, 0.1) is 0 Å². The number of rotatable bonds is 8. The van der Waals surface area contributed by atoms with Crippen molar-refractivity contribution in [3.8, 4) is 0 Å². The van der Waals surface area contributed by atoms with E-state index in [4.69, 9.17) is 23.6 Å². The molecule has 0 rings (SSSR count). The van der Waals surface area contributed by atoms with E-state index in [0.717, 1.165) is 10.5 Å². The van der Waals surface area contributed by atoms with Crippen LogP contribution in [0.4, 0.5) is 0 Å². The molecular formula is C10H22Cl2N2O2S. The molecule has 0 unspecified atom stereocenters. The summed E-state index contributed by atoms with van der Waals surface area (Å²) in [5, 5.41) is 0. The molecule has 0 bridgehead atoms. The first-order chi connectivity index (χ1) is 7.57. The van der Waals surface area contributed by atoms with Crippen molar-refractivity contribution in [2.45, 2.75) is 32.2 Å². The predicted octanol–water partition coefficient (Wildman–Crippen LogP) is 2.13. The molecule has 0 radical (unpaired) electrons. The Bertz CT molecular complexity index is 316. The number of hydrogen-bond donors (Lipinski definition) is 0. The van der Waals surface area contributed by atoms with E-state index in [1.807, 2.05) is 32.8 Å². The third-order valence-corrected chi connectivity index (χ3v) is 5.20. The Kier molecular flexibility index (Phi) is 7.33. The second-order valence-corrected chi connectivity index (χ2v) is 8.26. The van der Waals surface area contributed by atoms with Crippen LogP contribution >= 0.6 is 23.6 Å². The molecule has 0 aromatic rings. The first kappa shape index (κ1) is 17.4. The van der Waals surface area contributed by atoms with E-state index >= 15 is 0 Å². The number of sulfone groups is 1. The van der Waals surface area contributed by atoms with Gasteiger partial charge in [-0.15, -0.1) is 3.94 Å². The Hall–Kier alpha value is 0.450. The van der Waals surface area contributed by atoms with Crippen LogP contribution < -0.4 is 0 Å². The van der Waals surface area contributed by atoms with Crippen molar-refractivity contribution < 1.29 is 8.42 Å². The van der Waals surface area contributed by atoms with Crippen molar-refractivity contribution in [2.75, 3.05) is 32.1 Å². The van der Waals surface area contributed by atoms with Gasteiger partial charge in [0.15, 0.2) is 0 Å². The first-order valence-electron chi connectivity index (χ1n) is 5.54. The minimum atomic E-state index is -3.01. The third-order valence-electron chi connectivity index (χ3n) is 2.54. The Labute approximate surface area is 115 Å². The van der Waals surface area contributed by atoms with Crippen LogP contribution in [-0.4, -0.2) is 54.9 Å². The lowest BCUT2D eigenvalue weighted by Crippen LogP contribution is -2.33. The maximum Gasteiger partial charge on any atom is 0.150 e. The summed E-state index contributed by atoms with van der Waals surface area (Å²) < 4.78 is 24.5. The number of nitrogens with zero attached hydrogens (tertiary/aromatic N) is 2. The molecule has 0 saturated heterocycles.